The SMILES string of the molecule is CCCc1ccc(C(=O)N2CCN(C(=O)Cc3ccn(C)c3)CC2)cc1. The summed E-state index contributed by atoms with van der Waals surface area (Å²) in [6.07, 6.45) is 6.49. The van der Waals surface area contributed by atoms with Crippen molar-refractivity contribution < 1.29 is 9.59 Å². The standard InChI is InChI=1S/C21H27N3O2/c1-3-4-17-5-7-19(8-6-17)21(26)24-13-11-23(12-14-24)20(25)15-18-9-10-22(2)16-18/h5-10,16H,3-4,11-15H2,1-2H3. The zero-order valence-corrected chi connectivity index (χ0v) is 15.6. The van der Waals surface area contributed by atoms with Crippen LogP contribution in [0.5, 0.6) is 0 Å². The van der Waals surface area contributed by atoms with E-state index in [9.17, 15) is 9.59 Å². The molecule has 2 aromatic rings. The molecule has 1 aromatic heterocycles. The molecule has 1 fully saturated rings. The lowest BCUT2D eigenvalue weighted by Crippen LogP contribution is -2.51. The molecule has 0 unspecified atom stereocenters. The largest absolute Gasteiger partial charge is 0.357 e. The molecular weight excluding hydrogens is 326 g/mol. The van der Waals surface area contributed by atoms with E-state index in [1.165, 1.54) is 5.56 Å². The van der Waals surface area contributed by atoms with Gasteiger partial charge in [0.2, 0.25) is 5.91 Å². The van der Waals surface area contributed by atoms with Gasteiger partial charge in [0.05, 0.1) is 6.42 Å². The van der Waals surface area contributed by atoms with Crippen molar-refractivity contribution in [2.45, 2.75) is 26.2 Å². The molecule has 5 heteroatoms. The molecule has 1 aliphatic rings. The van der Waals surface area contributed by atoms with Crippen LogP contribution in [0, 0.1) is 0 Å². The minimum atomic E-state index is 0.0585. The van der Waals surface area contributed by atoms with Gasteiger partial charge in [-0.2, -0.15) is 0 Å². The van der Waals surface area contributed by atoms with Gasteiger partial charge in [-0.25, -0.2) is 0 Å². The summed E-state index contributed by atoms with van der Waals surface area (Å²) in [5.74, 6) is 0.190. The van der Waals surface area contributed by atoms with E-state index in [1.807, 2.05) is 64.1 Å². The fourth-order valence-electron chi connectivity index (χ4n) is 3.40. The van der Waals surface area contributed by atoms with E-state index in [4.69, 9.17) is 0 Å². The van der Waals surface area contributed by atoms with Gasteiger partial charge in [-0.05, 0) is 35.7 Å². The van der Waals surface area contributed by atoms with Gasteiger partial charge in [-0.1, -0.05) is 25.5 Å². The van der Waals surface area contributed by atoms with Crippen LogP contribution in [0.4, 0.5) is 0 Å². The molecule has 5 nitrogen and oxygen atoms in total. The third-order valence-corrected chi connectivity index (χ3v) is 4.91. The van der Waals surface area contributed by atoms with Crippen molar-refractivity contribution in [3.8, 4) is 0 Å². The number of hydrogen-bond acceptors (Lipinski definition) is 2. The average molecular weight is 353 g/mol. The Morgan fingerprint density at radius 2 is 1.58 bits per heavy atom. The van der Waals surface area contributed by atoms with E-state index in [-0.39, 0.29) is 11.8 Å². The molecule has 0 radical (unpaired) electrons. The first-order valence-electron chi connectivity index (χ1n) is 9.33. The number of aryl methyl sites for hydroxylation is 2. The molecule has 3 rings (SSSR count). The molecule has 0 saturated carbocycles. The van der Waals surface area contributed by atoms with Crippen LogP contribution in [0.2, 0.25) is 0 Å². The van der Waals surface area contributed by atoms with Crippen molar-refractivity contribution in [3.63, 3.8) is 0 Å². The van der Waals surface area contributed by atoms with E-state index in [2.05, 4.69) is 6.92 Å². The summed E-state index contributed by atoms with van der Waals surface area (Å²) in [5.41, 5.74) is 3.03. The maximum atomic E-state index is 12.7. The molecule has 26 heavy (non-hydrogen) atoms. The average Bonchev–Trinajstić information content (AvgIpc) is 3.07. The number of rotatable bonds is 5. The molecule has 138 valence electrons. The molecule has 0 N–H and O–H groups in total. The molecule has 1 aromatic carbocycles. The fourth-order valence-corrected chi connectivity index (χ4v) is 3.40. The lowest BCUT2D eigenvalue weighted by Gasteiger charge is -2.35. The minimum Gasteiger partial charge on any atom is -0.357 e. The summed E-state index contributed by atoms with van der Waals surface area (Å²) in [6.45, 7) is 4.54. The first-order valence-corrected chi connectivity index (χ1v) is 9.33. The number of hydrogen-bond donors (Lipinski definition) is 0. The highest BCUT2D eigenvalue weighted by Crippen LogP contribution is 2.13. The maximum Gasteiger partial charge on any atom is 0.253 e. The summed E-state index contributed by atoms with van der Waals surface area (Å²) < 4.78 is 1.95. The number of amides is 2. The number of carbonyl (C=O) groups excluding carboxylic acids is 2. The zero-order valence-electron chi connectivity index (χ0n) is 15.6. The Balaban J connectivity index is 1.52. The van der Waals surface area contributed by atoms with Crippen LogP contribution >= 0.6 is 0 Å². The van der Waals surface area contributed by atoms with Crippen LogP contribution in [0.1, 0.15) is 34.8 Å². The minimum absolute atomic E-state index is 0.0585. The summed E-state index contributed by atoms with van der Waals surface area (Å²) in [6, 6.07) is 9.88. The Kier molecular flexibility index (Phi) is 5.76. The molecule has 0 bridgehead atoms. The maximum absolute atomic E-state index is 12.7. The highest BCUT2D eigenvalue weighted by molar-refractivity contribution is 5.94. The summed E-state index contributed by atoms with van der Waals surface area (Å²) in [7, 11) is 1.95. The quantitative estimate of drug-likeness (QED) is 0.829. The zero-order chi connectivity index (χ0) is 18.5. The predicted molar refractivity (Wildman–Crippen MR) is 102 cm³/mol. The highest BCUT2D eigenvalue weighted by atomic mass is 16.2. The van der Waals surface area contributed by atoms with Gasteiger partial charge in [0.15, 0.2) is 0 Å². The Bertz CT molecular complexity index is 756. The Morgan fingerprint density at radius 1 is 0.923 bits per heavy atom. The number of carbonyl (C=O) groups is 2. The van der Waals surface area contributed by atoms with Crippen molar-refractivity contribution in [1.82, 2.24) is 14.4 Å². The summed E-state index contributed by atoms with van der Waals surface area (Å²) in [4.78, 5) is 28.8. The van der Waals surface area contributed by atoms with Crippen LogP contribution in [0.15, 0.2) is 42.7 Å². The number of aromatic nitrogens is 1. The van der Waals surface area contributed by atoms with Crippen molar-refractivity contribution in [1.29, 1.82) is 0 Å². The highest BCUT2D eigenvalue weighted by Gasteiger charge is 2.24. The number of nitrogens with zero attached hydrogens (tertiary/aromatic N) is 3. The van der Waals surface area contributed by atoms with Crippen LogP contribution in [0.3, 0.4) is 0 Å². The molecule has 2 heterocycles. The number of benzene rings is 1. The Labute approximate surface area is 155 Å². The van der Waals surface area contributed by atoms with Crippen LogP contribution < -0.4 is 0 Å². The predicted octanol–water partition coefficient (Wildman–Crippen LogP) is 2.50. The smallest absolute Gasteiger partial charge is 0.253 e. The molecule has 0 atom stereocenters. The van der Waals surface area contributed by atoms with Crippen molar-refractivity contribution >= 4 is 11.8 Å². The van der Waals surface area contributed by atoms with Gasteiger partial charge in [-0.3, -0.25) is 9.59 Å². The Morgan fingerprint density at radius 3 is 2.15 bits per heavy atom. The van der Waals surface area contributed by atoms with Gasteiger partial charge >= 0.3 is 0 Å². The van der Waals surface area contributed by atoms with E-state index in [1.54, 1.807) is 0 Å². The Hall–Kier alpha value is -2.56. The molecule has 1 aliphatic heterocycles. The summed E-state index contributed by atoms with van der Waals surface area (Å²) in [5, 5.41) is 0. The van der Waals surface area contributed by atoms with Crippen LogP contribution in [-0.4, -0.2) is 52.4 Å². The number of piperazine rings is 1. The van der Waals surface area contributed by atoms with Crippen LogP contribution in [-0.2, 0) is 24.7 Å². The normalized spacial score (nSPS) is 14.5. The monoisotopic (exact) mass is 353 g/mol. The van der Waals surface area contributed by atoms with E-state index in [0.29, 0.717) is 32.6 Å². The topological polar surface area (TPSA) is 45.6 Å². The second-order valence-electron chi connectivity index (χ2n) is 6.98. The molecular formula is C21H27N3O2. The van der Waals surface area contributed by atoms with Gasteiger partial charge in [0.1, 0.15) is 0 Å². The van der Waals surface area contributed by atoms with Crippen molar-refractivity contribution in [2.24, 2.45) is 7.05 Å². The first kappa shape index (κ1) is 18.2. The second kappa shape index (κ2) is 8.21. The van der Waals surface area contributed by atoms with Gasteiger partial charge in [0.25, 0.3) is 5.91 Å². The lowest BCUT2D eigenvalue weighted by molar-refractivity contribution is -0.131. The molecule has 1 saturated heterocycles. The van der Waals surface area contributed by atoms with Gasteiger partial charge in [0, 0.05) is 51.2 Å². The van der Waals surface area contributed by atoms with E-state index >= 15 is 0 Å². The van der Waals surface area contributed by atoms with Gasteiger partial charge < -0.3 is 14.4 Å². The van der Waals surface area contributed by atoms with Gasteiger partial charge in [-0.15, -0.1) is 0 Å². The fraction of sp³-hybridized carbons (Fsp3) is 0.429. The van der Waals surface area contributed by atoms with E-state index < -0.39 is 0 Å². The molecule has 2 amide bonds. The molecule has 0 spiro atoms. The van der Waals surface area contributed by atoms with Crippen molar-refractivity contribution in [2.75, 3.05) is 26.2 Å². The third kappa shape index (κ3) is 4.34. The summed E-state index contributed by atoms with van der Waals surface area (Å²) >= 11 is 0. The first-order chi connectivity index (χ1) is 12.6. The van der Waals surface area contributed by atoms with Crippen molar-refractivity contribution in [3.05, 3.63) is 59.4 Å². The van der Waals surface area contributed by atoms with Crippen LogP contribution in [0.25, 0.3) is 0 Å². The second-order valence-corrected chi connectivity index (χ2v) is 6.98. The molecule has 0 aliphatic carbocycles. The van der Waals surface area contributed by atoms with E-state index in [0.717, 1.165) is 24.0 Å². The third-order valence-electron chi connectivity index (χ3n) is 4.91. The lowest BCUT2D eigenvalue weighted by atomic mass is 10.1.